The Morgan fingerprint density at radius 2 is 1.43 bits per heavy atom. The zero-order valence-electron chi connectivity index (χ0n) is 14.5. The maximum Gasteiger partial charge on any atom is 0.228 e. The molecule has 4 nitrogen and oxygen atoms in total. The highest BCUT2D eigenvalue weighted by Crippen LogP contribution is 2.43. The van der Waals surface area contributed by atoms with Crippen LogP contribution in [0.5, 0.6) is 0 Å². The van der Waals surface area contributed by atoms with Gasteiger partial charge in [0.2, 0.25) is 5.91 Å². The van der Waals surface area contributed by atoms with E-state index in [0.29, 0.717) is 29.6 Å². The van der Waals surface area contributed by atoms with Crippen LogP contribution in [0.15, 0.2) is 0 Å². The molecule has 2 fully saturated rings. The Hall–Kier alpha value is -0.610. The van der Waals surface area contributed by atoms with Crippen LogP contribution < -0.4 is 0 Å². The molecule has 0 bridgehead atoms. The van der Waals surface area contributed by atoms with Gasteiger partial charge in [-0.15, -0.1) is 0 Å². The minimum absolute atomic E-state index is 0.0135. The van der Waals surface area contributed by atoms with E-state index in [1.165, 1.54) is 0 Å². The summed E-state index contributed by atoms with van der Waals surface area (Å²) < 4.78 is 5.78. The zero-order chi connectivity index (χ0) is 15.7. The van der Waals surface area contributed by atoms with Crippen LogP contribution in [0.3, 0.4) is 0 Å². The molecular weight excluding hydrogens is 264 g/mol. The summed E-state index contributed by atoms with van der Waals surface area (Å²) in [6.45, 7) is 12.7. The van der Waals surface area contributed by atoms with E-state index in [-0.39, 0.29) is 12.0 Å². The Balaban J connectivity index is 2.16. The molecule has 6 unspecified atom stereocenters. The second-order valence-electron chi connectivity index (χ2n) is 7.29. The number of hydrogen-bond donors (Lipinski definition) is 0. The molecular formula is C17H32N2O2. The van der Waals surface area contributed by atoms with Crippen LogP contribution in [-0.2, 0) is 9.53 Å². The van der Waals surface area contributed by atoms with Gasteiger partial charge in [0, 0.05) is 33.3 Å². The first-order chi connectivity index (χ1) is 9.88. The third-order valence-electron chi connectivity index (χ3n) is 6.30. The van der Waals surface area contributed by atoms with E-state index in [2.05, 4.69) is 44.5 Å². The van der Waals surface area contributed by atoms with Gasteiger partial charge in [0.25, 0.3) is 0 Å². The number of methoxy groups -OCH3 is 1. The summed E-state index contributed by atoms with van der Waals surface area (Å²) in [5.41, 5.74) is 0. The van der Waals surface area contributed by atoms with Crippen LogP contribution in [0.4, 0.5) is 0 Å². The summed E-state index contributed by atoms with van der Waals surface area (Å²) in [7, 11) is 3.88. The lowest BCUT2D eigenvalue weighted by Crippen LogP contribution is -2.56. The van der Waals surface area contributed by atoms with Gasteiger partial charge in [-0.2, -0.15) is 0 Å². The lowest BCUT2D eigenvalue weighted by Gasteiger charge is -2.48. The van der Waals surface area contributed by atoms with Crippen molar-refractivity contribution in [2.24, 2.45) is 29.6 Å². The number of carbonyl (C=O) groups excluding carboxylic acids is 1. The van der Waals surface area contributed by atoms with Gasteiger partial charge in [0.15, 0.2) is 0 Å². The molecule has 122 valence electrons. The highest BCUT2D eigenvalue weighted by molar-refractivity contribution is 5.80. The van der Waals surface area contributed by atoms with Crippen LogP contribution in [0.1, 0.15) is 27.7 Å². The van der Waals surface area contributed by atoms with Crippen molar-refractivity contribution in [3.63, 3.8) is 0 Å². The molecule has 4 heteroatoms. The van der Waals surface area contributed by atoms with Crippen LogP contribution in [0.2, 0.25) is 0 Å². The van der Waals surface area contributed by atoms with Crippen molar-refractivity contribution in [3.8, 4) is 0 Å². The van der Waals surface area contributed by atoms with E-state index in [1.807, 2.05) is 0 Å². The lowest BCUT2D eigenvalue weighted by molar-refractivity contribution is -0.156. The Kier molecular flexibility index (Phi) is 5.31. The van der Waals surface area contributed by atoms with Crippen LogP contribution in [-0.4, -0.2) is 62.1 Å². The van der Waals surface area contributed by atoms with Crippen molar-refractivity contribution >= 4 is 5.91 Å². The smallest absolute Gasteiger partial charge is 0.228 e. The summed E-state index contributed by atoms with van der Waals surface area (Å²) >= 11 is 0. The number of carbonyl (C=O) groups is 1. The molecule has 0 spiro atoms. The van der Waals surface area contributed by atoms with E-state index in [9.17, 15) is 4.79 Å². The fourth-order valence-corrected chi connectivity index (χ4v) is 4.17. The number of rotatable bonds is 2. The van der Waals surface area contributed by atoms with E-state index in [0.717, 1.165) is 26.2 Å². The van der Waals surface area contributed by atoms with Crippen molar-refractivity contribution in [2.45, 2.75) is 33.8 Å². The molecule has 0 aromatic heterocycles. The van der Waals surface area contributed by atoms with Crippen LogP contribution in [0, 0.1) is 29.6 Å². The minimum Gasteiger partial charge on any atom is -0.380 e. The first-order valence-corrected chi connectivity index (χ1v) is 8.38. The summed E-state index contributed by atoms with van der Waals surface area (Å²) in [5, 5.41) is 0. The Labute approximate surface area is 129 Å². The molecule has 0 aromatic carbocycles. The first-order valence-electron chi connectivity index (χ1n) is 8.38. The number of hydrogen-bond acceptors (Lipinski definition) is 3. The molecule has 0 aromatic rings. The lowest BCUT2D eigenvalue weighted by atomic mass is 9.62. The average molecular weight is 296 g/mol. The van der Waals surface area contributed by atoms with Crippen molar-refractivity contribution in [1.29, 1.82) is 0 Å². The third-order valence-corrected chi connectivity index (χ3v) is 6.30. The van der Waals surface area contributed by atoms with Gasteiger partial charge in [-0.05, 0) is 30.7 Å². The van der Waals surface area contributed by atoms with E-state index in [4.69, 9.17) is 4.74 Å². The predicted octanol–water partition coefficient (Wildman–Crippen LogP) is 1.95. The van der Waals surface area contributed by atoms with Crippen molar-refractivity contribution in [1.82, 2.24) is 9.80 Å². The number of ether oxygens (including phenoxy) is 1. The third kappa shape index (κ3) is 3.11. The van der Waals surface area contributed by atoms with Crippen molar-refractivity contribution < 1.29 is 9.53 Å². The van der Waals surface area contributed by atoms with Gasteiger partial charge in [-0.25, -0.2) is 0 Å². The Morgan fingerprint density at radius 3 is 1.95 bits per heavy atom. The quantitative estimate of drug-likeness (QED) is 0.781. The van der Waals surface area contributed by atoms with E-state index >= 15 is 0 Å². The molecule has 0 radical (unpaired) electrons. The maximum atomic E-state index is 13.1. The van der Waals surface area contributed by atoms with Gasteiger partial charge in [0.1, 0.15) is 0 Å². The van der Waals surface area contributed by atoms with Crippen LogP contribution in [0.25, 0.3) is 0 Å². The zero-order valence-corrected chi connectivity index (χ0v) is 14.5. The van der Waals surface area contributed by atoms with Crippen LogP contribution >= 0.6 is 0 Å². The molecule has 21 heavy (non-hydrogen) atoms. The predicted molar refractivity (Wildman–Crippen MR) is 85.0 cm³/mol. The highest BCUT2D eigenvalue weighted by atomic mass is 16.5. The summed E-state index contributed by atoms with van der Waals surface area (Å²) in [4.78, 5) is 17.4. The highest BCUT2D eigenvalue weighted by Gasteiger charge is 2.48. The second-order valence-corrected chi connectivity index (χ2v) is 7.29. The molecule has 6 atom stereocenters. The topological polar surface area (TPSA) is 32.8 Å². The Bertz CT molecular complexity index is 366. The number of nitrogens with zero attached hydrogens (tertiary/aromatic N) is 2. The molecule has 2 aliphatic rings. The second kappa shape index (κ2) is 6.66. The van der Waals surface area contributed by atoms with Gasteiger partial charge < -0.3 is 14.5 Å². The number of amides is 1. The van der Waals surface area contributed by atoms with E-state index in [1.54, 1.807) is 7.11 Å². The minimum atomic E-state index is 0.0135. The summed E-state index contributed by atoms with van der Waals surface area (Å²) in [6.07, 6.45) is 0.0540. The Morgan fingerprint density at radius 1 is 0.905 bits per heavy atom. The normalized spacial score (nSPS) is 42.1. The number of likely N-dealkylation sites (N-methyl/N-ethyl adjacent to an activating group) is 1. The first kappa shape index (κ1) is 16.8. The standard InChI is InChI=1S/C17H32N2O2/c1-11-12(2)14(4)16(21-6)15(13(11)3)17(20)19-9-7-18(5)8-10-19/h11-16H,7-10H2,1-6H3. The van der Waals surface area contributed by atoms with Gasteiger partial charge >= 0.3 is 0 Å². The summed E-state index contributed by atoms with van der Waals surface area (Å²) in [6, 6.07) is 0. The molecule has 1 saturated heterocycles. The van der Waals surface area contributed by atoms with Gasteiger partial charge in [0.05, 0.1) is 12.0 Å². The molecule has 1 aliphatic heterocycles. The fraction of sp³-hybridized carbons (Fsp3) is 0.941. The van der Waals surface area contributed by atoms with Crippen molar-refractivity contribution in [3.05, 3.63) is 0 Å². The van der Waals surface area contributed by atoms with Gasteiger partial charge in [-0.3, -0.25) is 4.79 Å². The van der Waals surface area contributed by atoms with Gasteiger partial charge in [-0.1, -0.05) is 27.7 Å². The molecule has 1 amide bonds. The molecule has 1 aliphatic carbocycles. The largest absolute Gasteiger partial charge is 0.380 e. The molecule has 1 saturated carbocycles. The monoisotopic (exact) mass is 296 g/mol. The molecule has 2 rings (SSSR count). The maximum absolute atomic E-state index is 13.1. The average Bonchev–Trinajstić information content (AvgIpc) is 2.48. The summed E-state index contributed by atoms with van der Waals surface area (Å²) in [5.74, 6) is 2.30. The van der Waals surface area contributed by atoms with E-state index < -0.39 is 0 Å². The molecule has 0 N–H and O–H groups in total. The SMILES string of the molecule is COC1C(C)C(C)C(C)C(C)C1C(=O)N1CCN(C)CC1. The van der Waals surface area contributed by atoms with Crippen molar-refractivity contribution in [2.75, 3.05) is 40.3 Å². The fourth-order valence-electron chi connectivity index (χ4n) is 4.17. The number of piperazine rings is 1. The molecule has 1 heterocycles.